The lowest BCUT2D eigenvalue weighted by atomic mass is 9.98. The van der Waals surface area contributed by atoms with Crippen molar-refractivity contribution in [3.8, 4) is 5.75 Å². The number of nitrogens with zero attached hydrogens (tertiary/aromatic N) is 1. The fourth-order valence-electron chi connectivity index (χ4n) is 4.55. The molecule has 5 rings (SSSR count). The van der Waals surface area contributed by atoms with Crippen molar-refractivity contribution in [2.24, 2.45) is 0 Å². The molecule has 0 atom stereocenters. The largest absolute Gasteiger partial charge is 0.494 e. The van der Waals surface area contributed by atoms with Gasteiger partial charge in [-0.2, -0.15) is 0 Å². The fraction of sp³-hybridized carbons (Fsp3) is 0.233. The van der Waals surface area contributed by atoms with Crippen molar-refractivity contribution < 1.29 is 23.5 Å². The first-order valence-electron chi connectivity index (χ1n) is 12.4. The minimum Gasteiger partial charge on any atom is -0.494 e. The number of anilines is 1. The molecule has 1 aromatic heterocycles. The minimum absolute atomic E-state index is 0.184. The SMILES string of the molecule is CCCCc1oc2ccc(N3C(=O)c4ccccc4C3=O)cc2c1C(=O)c1ccc(OCCCCl)cc1. The first kappa shape index (κ1) is 24.8. The molecule has 7 heteroatoms. The summed E-state index contributed by atoms with van der Waals surface area (Å²) in [5.74, 6) is 0.839. The summed E-state index contributed by atoms with van der Waals surface area (Å²) in [6.45, 7) is 2.58. The molecule has 0 N–H and O–H groups in total. The number of hydrogen-bond acceptors (Lipinski definition) is 5. The number of alkyl halides is 1. The number of fused-ring (bicyclic) bond motifs is 2. The lowest BCUT2D eigenvalue weighted by Gasteiger charge is -2.14. The standard InChI is InChI=1S/C30H26ClNO5/c1-2-3-9-26-27(28(33)19-10-13-21(14-11-19)36-17-6-16-31)24-18-20(12-15-25(24)37-26)32-29(34)22-7-4-5-8-23(22)30(32)35/h4-5,7-8,10-15,18H,2-3,6,9,16-17H2,1H3. The second-order valence-electron chi connectivity index (χ2n) is 8.92. The maximum Gasteiger partial charge on any atom is 0.266 e. The topological polar surface area (TPSA) is 76.8 Å². The molecule has 0 saturated heterocycles. The van der Waals surface area contributed by atoms with Gasteiger partial charge in [0, 0.05) is 23.3 Å². The number of ketones is 1. The Morgan fingerprint density at radius 2 is 1.65 bits per heavy atom. The van der Waals surface area contributed by atoms with Crippen LogP contribution in [0.4, 0.5) is 5.69 Å². The van der Waals surface area contributed by atoms with Crippen molar-refractivity contribution in [1.29, 1.82) is 0 Å². The maximum atomic E-state index is 13.8. The van der Waals surface area contributed by atoms with Crippen LogP contribution in [-0.4, -0.2) is 30.1 Å². The first-order valence-corrected chi connectivity index (χ1v) is 12.9. The lowest BCUT2D eigenvalue weighted by molar-refractivity contribution is 0.0925. The molecule has 6 nitrogen and oxygen atoms in total. The minimum atomic E-state index is -0.382. The van der Waals surface area contributed by atoms with Gasteiger partial charge in [-0.1, -0.05) is 25.5 Å². The highest BCUT2D eigenvalue weighted by Gasteiger charge is 2.36. The number of carbonyl (C=O) groups is 3. The summed E-state index contributed by atoms with van der Waals surface area (Å²) in [5.41, 5.74) is 2.63. The molecule has 37 heavy (non-hydrogen) atoms. The second-order valence-corrected chi connectivity index (χ2v) is 9.30. The number of benzene rings is 3. The number of aryl methyl sites for hydroxylation is 1. The van der Waals surface area contributed by atoms with Gasteiger partial charge in [0.1, 0.15) is 17.1 Å². The van der Waals surface area contributed by atoms with E-state index in [2.05, 4.69) is 6.92 Å². The lowest BCUT2D eigenvalue weighted by Crippen LogP contribution is -2.29. The van der Waals surface area contributed by atoms with Gasteiger partial charge in [0.15, 0.2) is 5.78 Å². The third-order valence-electron chi connectivity index (χ3n) is 6.44. The van der Waals surface area contributed by atoms with Crippen molar-refractivity contribution in [2.45, 2.75) is 32.6 Å². The Balaban J connectivity index is 1.53. The molecular weight excluding hydrogens is 490 g/mol. The third kappa shape index (κ3) is 4.65. The maximum absolute atomic E-state index is 13.8. The zero-order valence-corrected chi connectivity index (χ0v) is 21.2. The van der Waals surface area contributed by atoms with E-state index >= 15 is 0 Å². The molecule has 1 aliphatic rings. The summed E-state index contributed by atoms with van der Waals surface area (Å²) < 4.78 is 11.8. The van der Waals surface area contributed by atoms with Gasteiger partial charge >= 0.3 is 0 Å². The molecule has 0 fully saturated rings. The van der Waals surface area contributed by atoms with E-state index in [1.807, 2.05) is 0 Å². The quantitative estimate of drug-likeness (QED) is 0.100. The summed E-state index contributed by atoms with van der Waals surface area (Å²) in [6, 6.07) is 18.8. The Kier molecular flexibility index (Phi) is 7.10. The van der Waals surface area contributed by atoms with E-state index in [0.29, 0.717) is 69.3 Å². The molecule has 0 unspecified atom stereocenters. The van der Waals surface area contributed by atoms with Crippen molar-refractivity contribution in [3.63, 3.8) is 0 Å². The molecule has 0 bridgehead atoms. The van der Waals surface area contributed by atoms with Crippen LogP contribution >= 0.6 is 11.6 Å². The molecule has 0 spiro atoms. The van der Waals surface area contributed by atoms with E-state index in [-0.39, 0.29) is 17.6 Å². The third-order valence-corrected chi connectivity index (χ3v) is 6.71. The summed E-state index contributed by atoms with van der Waals surface area (Å²) in [6.07, 6.45) is 3.14. The van der Waals surface area contributed by atoms with Gasteiger partial charge < -0.3 is 9.15 Å². The number of amides is 2. The Hall–Kier alpha value is -3.90. The number of hydrogen-bond donors (Lipinski definition) is 0. The molecule has 4 aromatic rings. The fourth-order valence-corrected chi connectivity index (χ4v) is 4.66. The summed E-state index contributed by atoms with van der Waals surface area (Å²) >= 11 is 5.71. The van der Waals surface area contributed by atoms with Crippen LogP contribution in [0.15, 0.2) is 71.1 Å². The zero-order chi connectivity index (χ0) is 25.9. The Labute approximate surface area is 219 Å². The van der Waals surface area contributed by atoms with Crippen LogP contribution < -0.4 is 9.64 Å². The first-order chi connectivity index (χ1) is 18.0. The summed E-state index contributed by atoms with van der Waals surface area (Å²) in [5, 5.41) is 0.576. The molecular formula is C30H26ClNO5. The van der Waals surface area contributed by atoms with Gasteiger partial charge in [0.25, 0.3) is 11.8 Å². The number of imide groups is 1. The van der Waals surface area contributed by atoms with E-state index in [0.717, 1.165) is 24.2 Å². The smallest absolute Gasteiger partial charge is 0.266 e. The normalized spacial score (nSPS) is 12.9. The Bertz CT molecular complexity index is 1450. The van der Waals surface area contributed by atoms with Crippen LogP contribution in [0.5, 0.6) is 5.75 Å². The molecule has 0 saturated carbocycles. The van der Waals surface area contributed by atoms with Gasteiger partial charge in [-0.25, -0.2) is 4.90 Å². The average Bonchev–Trinajstić information content (AvgIpc) is 3.41. The molecule has 0 aliphatic carbocycles. The van der Waals surface area contributed by atoms with Crippen molar-refractivity contribution in [1.82, 2.24) is 0 Å². The molecule has 3 aromatic carbocycles. The van der Waals surface area contributed by atoms with E-state index in [4.69, 9.17) is 20.8 Å². The number of furan rings is 1. The van der Waals surface area contributed by atoms with Crippen LogP contribution in [0.1, 0.15) is 68.6 Å². The van der Waals surface area contributed by atoms with Crippen LogP contribution in [-0.2, 0) is 6.42 Å². The predicted molar refractivity (Wildman–Crippen MR) is 143 cm³/mol. The summed E-state index contributed by atoms with van der Waals surface area (Å²) in [4.78, 5) is 41.0. The van der Waals surface area contributed by atoms with E-state index in [1.54, 1.807) is 66.7 Å². The van der Waals surface area contributed by atoms with Crippen LogP contribution in [0.25, 0.3) is 11.0 Å². The second kappa shape index (κ2) is 10.6. The van der Waals surface area contributed by atoms with Crippen molar-refractivity contribution in [2.75, 3.05) is 17.4 Å². The number of halogens is 1. The van der Waals surface area contributed by atoms with Crippen LogP contribution in [0.2, 0.25) is 0 Å². The molecule has 1 aliphatic heterocycles. The predicted octanol–water partition coefficient (Wildman–Crippen LogP) is 6.81. The molecule has 2 heterocycles. The molecule has 188 valence electrons. The number of unbranched alkanes of at least 4 members (excludes halogenated alkanes) is 1. The highest BCUT2D eigenvalue weighted by atomic mass is 35.5. The highest BCUT2D eigenvalue weighted by molar-refractivity contribution is 6.34. The van der Waals surface area contributed by atoms with Gasteiger partial charge in [-0.3, -0.25) is 14.4 Å². The van der Waals surface area contributed by atoms with E-state index < -0.39 is 0 Å². The van der Waals surface area contributed by atoms with Gasteiger partial charge in [0.2, 0.25) is 0 Å². The highest BCUT2D eigenvalue weighted by Crippen LogP contribution is 2.35. The van der Waals surface area contributed by atoms with Crippen LogP contribution in [0, 0.1) is 0 Å². The van der Waals surface area contributed by atoms with E-state index in [9.17, 15) is 14.4 Å². The number of ether oxygens (including phenoxy) is 1. The van der Waals surface area contributed by atoms with E-state index in [1.165, 1.54) is 0 Å². The Morgan fingerprint density at radius 3 is 2.30 bits per heavy atom. The monoisotopic (exact) mass is 515 g/mol. The van der Waals surface area contributed by atoms with Crippen molar-refractivity contribution in [3.05, 3.63) is 94.7 Å². The molecule has 0 radical (unpaired) electrons. The zero-order valence-electron chi connectivity index (χ0n) is 20.5. The summed E-state index contributed by atoms with van der Waals surface area (Å²) in [7, 11) is 0. The van der Waals surface area contributed by atoms with Gasteiger partial charge in [0.05, 0.1) is 29.0 Å². The van der Waals surface area contributed by atoms with Gasteiger partial charge in [-0.05, 0) is 67.4 Å². The Morgan fingerprint density at radius 1 is 0.946 bits per heavy atom. The molecule has 2 amide bonds. The number of carbonyl (C=O) groups excluding carboxylic acids is 3. The van der Waals surface area contributed by atoms with Gasteiger partial charge in [-0.15, -0.1) is 11.6 Å². The number of rotatable bonds is 10. The van der Waals surface area contributed by atoms with Crippen LogP contribution in [0.3, 0.4) is 0 Å². The van der Waals surface area contributed by atoms with Crippen molar-refractivity contribution >= 4 is 45.9 Å². The average molecular weight is 516 g/mol.